The zero-order chi connectivity index (χ0) is 22.0. The van der Waals surface area contributed by atoms with Gasteiger partial charge in [-0.25, -0.2) is 4.98 Å². The van der Waals surface area contributed by atoms with Crippen molar-refractivity contribution in [1.82, 2.24) is 9.55 Å². The highest BCUT2D eigenvalue weighted by Gasteiger charge is 2.38. The summed E-state index contributed by atoms with van der Waals surface area (Å²) in [5.74, 6) is -0.0892. The van der Waals surface area contributed by atoms with Crippen LogP contribution in [0.15, 0.2) is 119 Å². The molecule has 3 aromatic carbocycles. The van der Waals surface area contributed by atoms with E-state index in [2.05, 4.69) is 61.9 Å². The first kappa shape index (κ1) is 20.6. The van der Waals surface area contributed by atoms with Crippen LogP contribution in [0.5, 0.6) is 0 Å². The maximum absolute atomic E-state index is 13.2. The van der Waals surface area contributed by atoms with Gasteiger partial charge in [-0.1, -0.05) is 91.0 Å². The van der Waals surface area contributed by atoms with E-state index < -0.39 is 5.54 Å². The van der Waals surface area contributed by atoms with Crippen molar-refractivity contribution in [3.05, 3.63) is 147 Å². The minimum atomic E-state index is -0.679. The van der Waals surface area contributed by atoms with Crippen molar-refractivity contribution in [2.75, 3.05) is 0 Å². The van der Waals surface area contributed by atoms with Gasteiger partial charge in [-0.3, -0.25) is 4.79 Å². The van der Waals surface area contributed by atoms with E-state index in [1.54, 1.807) is 6.33 Å². The van der Waals surface area contributed by atoms with Crippen LogP contribution in [0.3, 0.4) is 0 Å². The first-order valence-corrected chi connectivity index (χ1v) is 11.9. The number of benzene rings is 3. The molecule has 3 nitrogen and oxygen atoms in total. The molecule has 0 aliphatic carbocycles. The highest BCUT2D eigenvalue weighted by atomic mass is 79.9. The Bertz CT molecular complexity index is 1250. The van der Waals surface area contributed by atoms with Gasteiger partial charge < -0.3 is 4.57 Å². The van der Waals surface area contributed by atoms with E-state index in [9.17, 15) is 4.79 Å². The fraction of sp³-hybridized carbons (Fsp3) is 0.0370. The molecule has 0 spiro atoms. The SMILES string of the molecule is O=C(c1cn(C(c2ccccc2)(c2ccccc2)c2ccccc2)cn1)c1sccc1Br. The van der Waals surface area contributed by atoms with E-state index in [0.29, 0.717) is 10.6 Å². The van der Waals surface area contributed by atoms with E-state index >= 15 is 0 Å². The van der Waals surface area contributed by atoms with Gasteiger partial charge in [0, 0.05) is 10.7 Å². The lowest BCUT2D eigenvalue weighted by Gasteiger charge is -2.37. The normalized spacial score (nSPS) is 11.4. The fourth-order valence-corrected chi connectivity index (χ4v) is 5.68. The second-order valence-corrected chi connectivity index (χ2v) is 9.17. The Morgan fingerprint density at radius 1 is 0.781 bits per heavy atom. The van der Waals surface area contributed by atoms with E-state index in [1.807, 2.05) is 72.2 Å². The lowest BCUT2D eigenvalue weighted by atomic mass is 9.77. The molecule has 5 aromatic rings. The molecule has 2 aromatic heterocycles. The number of ketones is 1. The van der Waals surface area contributed by atoms with Gasteiger partial charge in [-0.2, -0.15) is 0 Å². The maximum atomic E-state index is 13.2. The largest absolute Gasteiger partial charge is 0.318 e. The van der Waals surface area contributed by atoms with Crippen molar-refractivity contribution in [1.29, 1.82) is 0 Å². The molecule has 0 saturated heterocycles. The van der Waals surface area contributed by atoms with Gasteiger partial charge in [0.2, 0.25) is 5.78 Å². The van der Waals surface area contributed by atoms with Crippen LogP contribution in [0.1, 0.15) is 32.1 Å². The number of hydrogen-bond acceptors (Lipinski definition) is 3. The van der Waals surface area contributed by atoms with E-state index in [4.69, 9.17) is 0 Å². The average Bonchev–Trinajstić information content (AvgIpc) is 3.51. The van der Waals surface area contributed by atoms with Crippen molar-refractivity contribution in [3.63, 3.8) is 0 Å². The molecule has 0 saturated carbocycles. The van der Waals surface area contributed by atoms with Gasteiger partial charge in [0.1, 0.15) is 11.2 Å². The quantitative estimate of drug-likeness (QED) is 0.191. The standard InChI is InChI=1S/C27H19BrN2OS/c28-23-16-17-32-26(23)25(31)24-18-30(19-29-24)27(20-10-4-1-5-11-20,21-12-6-2-7-13-21)22-14-8-3-9-15-22/h1-19H. The summed E-state index contributed by atoms with van der Waals surface area (Å²) in [5.41, 5.74) is 3.01. The lowest BCUT2D eigenvalue weighted by Crippen LogP contribution is -2.37. The Morgan fingerprint density at radius 3 is 1.72 bits per heavy atom. The van der Waals surface area contributed by atoms with Crippen LogP contribution in [0.25, 0.3) is 0 Å². The predicted octanol–water partition coefficient (Wildman–Crippen LogP) is 6.78. The third-order valence-corrected chi connectivity index (χ3v) is 7.44. The lowest BCUT2D eigenvalue weighted by molar-refractivity contribution is 0.103. The summed E-state index contributed by atoms with van der Waals surface area (Å²) in [6.45, 7) is 0. The molecular weight excluding hydrogens is 480 g/mol. The van der Waals surface area contributed by atoms with Crippen molar-refractivity contribution < 1.29 is 4.79 Å². The fourth-order valence-electron chi connectivity index (χ4n) is 4.18. The van der Waals surface area contributed by atoms with Crippen LogP contribution in [0.4, 0.5) is 0 Å². The summed E-state index contributed by atoms with van der Waals surface area (Å²) in [6.07, 6.45) is 3.63. The molecule has 0 bridgehead atoms. The maximum Gasteiger partial charge on any atom is 0.223 e. The zero-order valence-corrected chi connectivity index (χ0v) is 19.5. The minimum Gasteiger partial charge on any atom is -0.318 e. The number of hydrogen-bond donors (Lipinski definition) is 0. The van der Waals surface area contributed by atoms with Crippen LogP contribution in [-0.4, -0.2) is 15.3 Å². The summed E-state index contributed by atoms with van der Waals surface area (Å²) in [4.78, 5) is 18.4. The van der Waals surface area contributed by atoms with Gasteiger partial charge in [-0.05, 0) is 44.1 Å². The molecule has 156 valence electrons. The first-order chi connectivity index (χ1) is 15.7. The number of carbonyl (C=O) groups is 1. The van der Waals surface area contributed by atoms with Crippen LogP contribution in [-0.2, 0) is 5.54 Å². The number of carbonyl (C=O) groups excluding carboxylic acids is 1. The van der Waals surface area contributed by atoms with Crippen LogP contribution >= 0.6 is 27.3 Å². The Hall–Kier alpha value is -3.28. The highest BCUT2D eigenvalue weighted by Crippen LogP contribution is 2.41. The van der Waals surface area contributed by atoms with Crippen LogP contribution in [0, 0.1) is 0 Å². The minimum absolute atomic E-state index is 0.0892. The Morgan fingerprint density at radius 2 is 1.28 bits per heavy atom. The number of imidazole rings is 1. The Balaban J connectivity index is 1.77. The molecule has 2 heterocycles. The smallest absolute Gasteiger partial charge is 0.223 e. The van der Waals surface area contributed by atoms with Gasteiger partial charge >= 0.3 is 0 Å². The topological polar surface area (TPSA) is 34.9 Å². The molecule has 0 unspecified atom stereocenters. The summed E-state index contributed by atoms with van der Waals surface area (Å²) in [6, 6.07) is 32.9. The number of rotatable bonds is 6. The van der Waals surface area contributed by atoms with E-state index in [0.717, 1.165) is 21.2 Å². The van der Waals surface area contributed by atoms with Gasteiger partial charge in [0.15, 0.2) is 0 Å². The van der Waals surface area contributed by atoms with Gasteiger partial charge in [0.25, 0.3) is 0 Å². The third kappa shape index (κ3) is 3.44. The molecule has 5 rings (SSSR count). The number of halogens is 1. The molecule has 0 N–H and O–H groups in total. The summed E-state index contributed by atoms with van der Waals surface area (Å²) in [5, 5.41) is 1.90. The van der Waals surface area contributed by atoms with E-state index in [-0.39, 0.29) is 5.78 Å². The zero-order valence-electron chi connectivity index (χ0n) is 17.1. The first-order valence-electron chi connectivity index (χ1n) is 10.2. The second-order valence-electron chi connectivity index (χ2n) is 7.40. The molecule has 5 heteroatoms. The predicted molar refractivity (Wildman–Crippen MR) is 132 cm³/mol. The van der Waals surface area contributed by atoms with Crippen molar-refractivity contribution in [2.45, 2.75) is 5.54 Å². The molecule has 0 fully saturated rings. The average molecular weight is 499 g/mol. The molecular formula is C27H19BrN2OS. The molecule has 0 aliphatic rings. The second kappa shape index (κ2) is 8.69. The summed E-state index contributed by atoms with van der Waals surface area (Å²) >= 11 is 4.89. The van der Waals surface area contributed by atoms with Crippen LogP contribution < -0.4 is 0 Å². The van der Waals surface area contributed by atoms with Crippen LogP contribution in [0.2, 0.25) is 0 Å². The number of nitrogens with zero attached hydrogens (tertiary/aromatic N) is 2. The molecule has 32 heavy (non-hydrogen) atoms. The molecule has 0 radical (unpaired) electrons. The van der Waals surface area contributed by atoms with Crippen molar-refractivity contribution >= 4 is 33.0 Å². The van der Waals surface area contributed by atoms with Crippen molar-refractivity contribution in [2.24, 2.45) is 0 Å². The molecule has 0 atom stereocenters. The number of aromatic nitrogens is 2. The number of thiophene rings is 1. The van der Waals surface area contributed by atoms with Gasteiger partial charge in [-0.15, -0.1) is 11.3 Å². The Labute approximate surface area is 199 Å². The van der Waals surface area contributed by atoms with E-state index in [1.165, 1.54) is 11.3 Å². The van der Waals surface area contributed by atoms with Gasteiger partial charge in [0.05, 0.1) is 11.2 Å². The molecule has 0 aliphatic heterocycles. The van der Waals surface area contributed by atoms with Crippen molar-refractivity contribution in [3.8, 4) is 0 Å². The summed E-state index contributed by atoms with van der Waals surface area (Å²) in [7, 11) is 0. The third-order valence-electron chi connectivity index (χ3n) is 5.60. The molecule has 0 amide bonds. The Kier molecular flexibility index (Phi) is 5.60. The monoisotopic (exact) mass is 498 g/mol. The highest BCUT2D eigenvalue weighted by molar-refractivity contribution is 9.10. The summed E-state index contributed by atoms with van der Waals surface area (Å²) < 4.78 is 2.85.